The maximum atomic E-state index is 6.10. The van der Waals surface area contributed by atoms with Crippen LogP contribution in [0.25, 0.3) is 0 Å². The van der Waals surface area contributed by atoms with Crippen molar-refractivity contribution in [1.82, 2.24) is 4.98 Å². The van der Waals surface area contributed by atoms with E-state index < -0.39 is 0 Å². The Morgan fingerprint density at radius 2 is 2.27 bits per heavy atom. The fourth-order valence-corrected chi connectivity index (χ4v) is 2.83. The van der Waals surface area contributed by atoms with Gasteiger partial charge in [-0.2, -0.15) is 0 Å². The van der Waals surface area contributed by atoms with Crippen molar-refractivity contribution in [3.05, 3.63) is 50.9 Å². The van der Waals surface area contributed by atoms with Gasteiger partial charge >= 0.3 is 0 Å². The SMILES string of the molecule is NC(Cc1cccnc1)c1ccc(Br)s1. The van der Waals surface area contributed by atoms with E-state index in [0.717, 1.165) is 10.2 Å². The summed E-state index contributed by atoms with van der Waals surface area (Å²) in [5, 5.41) is 0. The van der Waals surface area contributed by atoms with E-state index in [1.807, 2.05) is 18.3 Å². The summed E-state index contributed by atoms with van der Waals surface area (Å²) in [6.07, 6.45) is 4.47. The van der Waals surface area contributed by atoms with E-state index in [1.165, 1.54) is 10.4 Å². The van der Waals surface area contributed by atoms with Crippen molar-refractivity contribution < 1.29 is 0 Å². The van der Waals surface area contributed by atoms with E-state index in [4.69, 9.17) is 5.73 Å². The highest BCUT2D eigenvalue weighted by molar-refractivity contribution is 9.11. The highest BCUT2D eigenvalue weighted by Gasteiger charge is 2.09. The molecule has 2 rings (SSSR count). The van der Waals surface area contributed by atoms with E-state index in [9.17, 15) is 0 Å². The number of hydrogen-bond acceptors (Lipinski definition) is 3. The van der Waals surface area contributed by atoms with Gasteiger partial charge in [-0.15, -0.1) is 11.3 Å². The second kappa shape index (κ2) is 4.88. The number of pyridine rings is 1. The van der Waals surface area contributed by atoms with Crippen LogP contribution in [0.4, 0.5) is 0 Å². The molecule has 1 unspecified atom stereocenters. The molecule has 0 fully saturated rings. The molecule has 2 aromatic heterocycles. The molecular weight excluding hydrogens is 272 g/mol. The Kier molecular flexibility index (Phi) is 3.51. The van der Waals surface area contributed by atoms with Gasteiger partial charge in [-0.1, -0.05) is 6.07 Å². The number of thiophene rings is 1. The summed E-state index contributed by atoms with van der Waals surface area (Å²) in [6, 6.07) is 8.14. The fourth-order valence-electron chi connectivity index (χ4n) is 1.40. The molecule has 0 saturated heterocycles. The maximum Gasteiger partial charge on any atom is 0.0701 e. The molecule has 0 aromatic carbocycles. The predicted octanol–water partition coefficient (Wildman–Crippen LogP) is 3.15. The lowest BCUT2D eigenvalue weighted by atomic mass is 10.1. The summed E-state index contributed by atoms with van der Waals surface area (Å²) in [5.74, 6) is 0. The number of nitrogens with zero attached hydrogens (tertiary/aromatic N) is 1. The first kappa shape index (κ1) is 10.8. The molecule has 0 spiro atoms. The summed E-state index contributed by atoms with van der Waals surface area (Å²) in [4.78, 5) is 5.27. The zero-order valence-corrected chi connectivity index (χ0v) is 10.5. The Morgan fingerprint density at radius 1 is 1.40 bits per heavy atom. The van der Waals surface area contributed by atoms with Gasteiger partial charge in [-0.25, -0.2) is 0 Å². The molecule has 2 N–H and O–H groups in total. The van der Waals surface area contributed by atoms with Gasteiger partial charge in [0.1, 0.15) is 0 Å². The molecular formula is C11H11BrN2S. The normalized spacial score (nSPS) is 12.7. The Labute approximate surface area is 101 Å². The first-order chi connectivity index (χ1) is 7.25. The third kappa shape index (κ3) is 2.87. The van der Waals surface area contributed by atoms with Gasteiger partial charge in [0.15, 0.2) is 0 Å². The highest BCUT2D eigenvalue weighted by atomic mass is 79.9. The average Bonchev–Trinajstić information content (AvgIpc) is 2.66. The molecule has 0 amide bonds. The van der Waals surface area contributed by atoms with Crippen LogP contribution in [0, 0.1) is 0 Å². The molecule has 2 aromatic rings. The van der Waals surface area contributed by atoms with Crippen molar-refractivity contribution in [2.45, 2.75) is 12.5 Å². The molecule has 0 aliphatic rings. The third-order valence-corrected chi connectivity index (χ3v) is 3.89. The van der Waals surface area contributed by atoms with Crippen molar-refractivity contribution in [3.63, 3.8) is 0 Å². The van der Waals surface area contributed by atoms with Crippen LogP contribution in [0.3, 0.4) is 0 Å². The van der Waals surface area contributed by atoms with Crippen LogP contribution < -0.4 is 5.73 Å². The van der Waals surface area contributed by atoms with E-state index in [1.54, 1.807) is 17.5 Å². The van der Waals surface area contributed by atoms with Crippen LogP contribution in [0.1, 0.15) is 16.5 Å². The minimum atomic E-state index is 0.0606. The average molecular weight is 283 g/mol. The molecule has 0 saturated carbocycles. The van der Waals surface area contributed by atoms with Gasteiger partial charge in [0.2, 0.25) is 0 Å². The zero-order chi connectivity index (χ0) is 10.7. The number of aromatic nitrogens is 1. The largest absolute Gasteiger partial charge is 0.323 e. The number of nitrogens with two attached hydrogens (primary N) is 1. The second-order valence-electron chi connectivity index (χ2n) is 3.31. The van der Waals surface area contributed by atoms with Crippen molar-refractivity contribution in [2.75, 3.05) is 0 Å². The van der Waals surface area contributed by atoms with E-state index in [2.05, 4.69) is 33.0 Å². The van der Waals surface area contributed by atoms with Gasteiger partial charge in [0, 0.05) is 23.3 Å². The number of rotatable bonds is 3. The van der Waals surface area contributed by atoms with Gasteiger partial charge in [-0.05, 0) is 46.1 Å². The minimum absolute atomic E-state index is 0.0606. The van der Waals surface area contributed by atoms with Gasteiger partial charge < -0.3 is 5.73 Å². The topological polar surface area (TPSA) is 38.9 Å². The van der Waals surface area contributed by atoms with Gasteiger partial charge in [0.05, 0.1) is 3.79 Å². The molecule has 0 aliphatic carbocycles. The molecule has 4 heteroatoms. The van der Waals surface area contributed by atoms with Crippen LogP contribution >= 0.6 is 27.3 Å². The molecule has 0 aliphatic heterocycles. The third-order valence-electron chi connectivity index (χ3n) is 2.14. The first-order valence-corrected chi connectivity index (χ1v) is 6.26. The molecule has 2 heterocycles. The maximum absolute atomic E-state index is 6.10. The van der Waals surface area contributed by atoms with Gasteiger partial charge in [-0.3, -0.25) is 4.98 Å². The van der Waals surface area contributed by atoms with E-state index in [-0.39, 0.29) is 6.04 Å². The summed E-state index contributed by atoms with van der Waals surface area (Å²) in [5.41, 5.74) is 7.28. The standard InChI is InChI=1S/C11H11BrN2S/c12-11-4-3-10(15-11)9(13)6-8-2-1-5-14-7-8/h1-5,7,9H,6,13H2. The number of halogens is 1. The molecule has 2 nitrogen and oxygen atoms in total. The summed E-state index contributed by atoms with van der Waals surface area (Å²) in [6.45, 7) is 0. The van der Waals surface area contributed by atoms with Crippen molar-refractivity contribution in [2.24, 2.45) is 5.73 Å². The monoisotopic (exact) mass is 282 g/mol. The lowest BCUT2D eigenvalue weighted by molar-refractivity contribution is 0.734. The molecule has 15 heavy (non-hydrogen) atoms. The molecule has 0 bridgehead atoms. The minimum Gasteiger partial charge on any atom is -0.323 e. The van der Waals surface area contributed by atoms with Crippen LogP contribution in [-0.4, -0.2) is 4.98 Å². The van der Waals surface area contributed by atoms with Crippen LogP contribution in [-0.2, 0) is 6.42 Å². The van der Waals surface area contributed by atoms with E-state index >= 15 is 0 Å². The van der Waals surface area contributed by atoms with E-state index in [0.29, 0.717) is 0 Å². The smallest absolute Gasteiger partial charge is 0.0701 e. The highest BCUT2D eigenvalue weighted by Crippen LogP contribution is 2.27. The Hall–Kier alpha value is -0.710. The Morgan fingerprint density at radius 3 is 2.87 bits per heavy atom. The van der Waals surface area contributed by atoms with Gasteiger partial charge in [0.25, 0.3) is 0 Å². The zero-order valence-electron chi connectivity index (χ0n) is 8.06. The quantitative estimate of drug-likeness (QED) is 0.939. The first-order valence-electron chi connectivity index (χ1n) is 4.65. The lowest BCUT2D eigenvalue weighted by Crippen LogP contribution is -2.11. The molecule has 78 valence electrons. The number of hydrogen-bond donors (Lipinski definition) is 1. The summed E-state index contributed by atoms with van der Waals surface area (Å²) < 4.78 is 1.12. The molecule has 0 radical (unpaired) electrons. The van der Waals surface area contributed by atoms with Crippen LogP contribution in [0.15, 0.2) is 40.4 Å². The van der Waals surface area contributed by atoms with Crippen molar-refractivity contribution in [3.8, 4) is 0 Å². The second-order valence-corrected chi connectivity index (χ2v) is 5.81. The summed E-state index contributed by atoms with van der Waals surface area (Å²) in [7, 11) is 0. The predicted molar refractivity (Wildman–Crippen MR) is 66.9 cm³/mol. The Balaban J connectivity index is 2.07. The Bertz CT molecular complexity index is 427. The summed E-state index contributed by atoms with van der Waals surface area (Å²) >= 11 is 5.12. The van der Waals surface area contributed by atoms with Crippen LogP contribution in [0.5, 0.6) is 0 Å². The molecule has 1 atom stereocenters. The van der Waals surface area contributed by atoms with Crippen molar-refractivity contribution in [1.29, 1.82) is 0 Å². The fraction of sp³-hybridized carbons (Fsp3) is 0.182. The van der Waals surface area contributed by atoms with Crippen LogP contribution in [0.2, 0.25) is 0 Å². The van der Waals surface area contributed by atoms with Crippen molar-refractivity contribution >= 4 is 27.3 Å². The lowest BCUT2D eigenvalue weighted by Gasteiger charge is -2.08.